The van der Waals surface area contributed by atoms with E-state index in [4.69, 9.17) is 4.42 Å². The highest BCUT2D eigenvalue weighted by Gasteiger charge is 2.43. The van der Waals surface area contributed by atoms with E-state index >= 15 is 0 Å². The molecule has 3 aromatic rings. The highest BCUT2D eigenvalue weighted by molar-refractivity contribution is 5.65. The number of aliphatic hydroxyl groups is 1. The van der Waals surface area contributed by atoms with Crippen LogP contribution in [0.2, 0.25) is 0 Å². The number of piperidine rings is 2. The van der Waals surface area contributed by atoms with Crippen LogP contribution in [-0.4, -0.2) is 53.8 Å². The van der Waals surface area contributed by atoms with E-state index in [1.807, 2.05) is 4.90 Å². The van der Waals surface area contributed by atoms with Crippen molar-refractivity contribution in [2.24, 2.45) is 11.8 Å². The second kappa shape index (κ2) is 9.69. The van der Waals surface area contributed by atoms with E-state index in [1.165, 1.54) is 29.5 Å². The number of fused-ring (bicyclic) bond motifs is 2. The van der Waals surface area contributed by atoms with Crippen LogP contribution in [0.3, 0.4) is 0 Å². The Labute approximate surface area is 216 Å². The molecule has 3 aliphatic rings. The van der Waals surface area contributed by atoms with Crippen molar-refractivity contribution in [1.29, 1.82) is 0 Å². The summed E-state index contributed by atoms with van der Waals surface area (Å²) in [4.78, 5) is 8.81. The fourth-order valence-electron chi connectivity index (χ4n) is 6.57. The van der Waals surface area contributed by atoms with Crippen LogP contribution in [0.4, 0.5) is 14.8 Å². The summed E-state index contributed by atoms with van der Waals surface area (Å²) in [5, 5.41) is 11.1. The fraction of sp³-hybridized carbons (Fsp3) is 0.433. The largest absolute Gasteiger partial charge is 0.423 e. The van der Waals surface area contributed by atoms with E-state index in [0.717, 1.165) is 51.5 Å². The number of anilines is 1. The molecule has 0 amide bonds. The third-order valence-electron chi connectivity index (χ3n) is 8.72. The Hall–Kier alpha value is -3.03. The van der Waals surface area contributed by atoms with E-state index in [2.05, 4.69) is 53.2 Å². The number of aliphatic hydroxyl groups excluding tert-OH is 1. The van der Waals surface area contributed by atoms with E-state index in [9.17, 15) is 13.9 Å². The predicted molar refractivity (Wildman–Crippen MR) is 140 cm³/mol. The maximum absolute atomic E-state index is 13.6. The standard InChI is InChI=1S/C30H33F2N3O2/c1-20-18-34(13-10-30(20)9-6-21-4-2-3-5-26(21)30)19-27(36)22-7-11-35(12-8-22)29-33-17-28(37-29)23-14-24(31)16-25(32)15-23/h2-6,9,14-17,20,22,27,36H,7-8,10-13,18-19H2,1H3/t20?,27-,30?/m0/s1. The molecule has 0 radical (unpaired) electrons. The highest BCUT2D eigenvalue weighted by Crippen LogP contribution is 2.46. The summed E-state index contributed by atoms with van der Waals surface area (Å²) in [6.45, 7) is 6.45. The van der Waals surface area contributed by atoms with Gasteiger partial charge in [-0.1, -0.05) is 43.3 Å². The van der Waals surface area contributed by atoms with Crippen LogP contribution >= 0.6 is 0 Å². The van der Waals surface area contributed by atoms with Gasteiger partial charge in [0, 0.05) is 43.2 Å². The van der Waals surface area contributed by atoms with Crippen molar-refractivity contribution in [3.63, 3.8) is 0 Å². The maximum atomic E-state index is 13.6. The smallest absolute Gasteiger partial charge is 0.297 e. The Bertz CT molecular complexity index is 1280. The van der Waals surface area contributed by atoms with E-state index < -0.39 is 11.6 Å². The van der Waals surface area contributed by atoms with Crippen LogP contribution < -0.4 is 4.90 Å². The third kappa shape index (κ3) is 4.59. The van der Waals surface area contributed by atoms with Crippen molar-refractivity contribution >= 4 is 12.1 Å². The average Bonchev–Trinajstić information content (AvgIpc) is 3.53. The van der Waals surface area contributed by atoms with Crippen molar-refractivity contribution in [2.45, 2.75) is 37.7 Å². The van der Waals surface area contributed by atoms with Gasteiger partial charge in [-0.2, -0.15) is 0 Å². The Morgan fingerprint density at radius 1 is 1.11 bits per heavy atom. The monoisotopic (exact) mass is 505 g/mol. The molecule has 5 nitrogen and oxygen atoms in total. The summed E-state index contributed by atoms with van der Waals surface area (Å²) >= 11 is 0. The van der Waals surface area contributed by atoms with Crippen LogP contribution in [-0.2, 0) is 5.41 Å². The number of β-amino-alcohol motifs (C(OH)–C–C–N with tert-alkyl or cyclic N) is 1. The molecule has 6 rings (SSSR count). The first-order valence-corrected chi connectivity index (χ1v) is 13.3. The van der Waals surface area contributed by atoms with Crippen LogP contribution in [0.15, 0.2) is 59.2 Å². The molecule has 1 aromatic heterocycles. The third-order valence-corrected chi connectivity index (χ3v) is 8.72. The zero-order chi connectivity index (χ0) is 25.6. The van der Waals surface area contributed by atoms with Crippen LogP contribution in [0, 0.1) is 23.5 Å². The predicted octanol–water partition coefficient (Wildman–Crippen LogP) is 5.50. The maximum Gasteiger partial charge on any atom is 0.297 e. The van der Waals surface area contributed by atoms with Gasteiger partial charge >= 0.3 is 0 Å². The lowest BCUT2D eigenvalue weighted by molar-refractivity contribution is 0.0285. The lowest BCUT2D eigenvalue weighted by Gasteiger charge is -2.45. The lowest BCUT2D eigenvalue weighted by Crippen LogP contribution is -2.50. The van der Waals surface area contributed by atoms with Crippen LogP contribution in [0.1, 0.15) is 37.3 Å². The molecule has 2 aliphatic heterocycles. The average molecular weight is 506 g/mol. The number of halogens is 2. The summed E-state index contributed by atoms with van der Waals surface area (Å²) in [6.07, 6.45) is 8.59. The van der Waals surface area contributed by atoms with Crippen molar-refractivity contribution in [1.82, 2.24) is 9.88 Å². The minimum Gasteiger partial charge on any atom is -0.423 e. The Balaban J connectivity index is 1.03. The molecule has 37 heavy (non-hydrogen) atoms. The zero-order valence-electron chi connectivity index (χ0n) is 21.1. The van der Waals surface area contributed by atoms with Gasteiger partial charge in [0.05, 0.1) is 12.3 Å². The summed E-state index contributed by atoms with van der Waals surface area (Å²) in [5.74, 6) is -0.245. The second-order valence-corrected chi connectivity index (χ2v) is 10.9. The molecule has 2 saturated heterocycles. The number of likely N-dealkylation sites (tertiary alicyclic amines) is 1. The van der Waals surface area contributed by atoms with Crippen molar-refractivity contribution < 1.29 is 18.3 Å². The first-order chi connectivity index (χ1) is 17.9. The molecule has 2 unspecified atom stereocenters. The van der Waals surface area contributed by atoms with Gasteiger partial charge in [0.1, 0.15) is 11.6 Å². The van der Waals surface area contributed by atoms with Crippen molar-refractivity contribution in [2.75, 3.05) is 37.6 Å². The number of hydrogen-bond donors (Lipinski definition) is 1. The molecule has 1 N–H and O–H groups in total. The van der Waals surface area contributed by atoms with E-state index in [0.29, 0.717) is 29.8 Å². The molecule has 1 aliphatic carbocycles. The van der Waals surface area contributed by atoms with Crippen LogP contribution in [0.25, 0.3) is 17.4 Å². The molecule has 3 heterocycles. The zero-order valence-corrected chi connectivity index (χ0v) is 21.1. The van der Waals surface area contributed by atoms with Gasteiger partial charge in [0.15, 0.2) is 5.76 Å². The topological polar surface area (TPSA) is 52.7 Å². The lowest BCUT2D eigenvalue weighted by atomic mass is 9.68. The summed E-state index contributed by atoms with van der Waals surface area (Å²) < 4.78 is 33.0. The molecule has 2 fully saturated rings. The molecule has 194 valence electrons. The van der Waals surface area contributed by atoms with Gasteiger partial charge in [-0.3, -0.25) is 0 Å². The molecule has 3 atom stereocenters. The Morgan fingerprint density at radius 2 is 1.86 bits per heavy atom. The van der Waals surface area contributed by atoms with Gasteiger partial charge in [0.25, 0.3) is 6.01 Å². The highest BCUT2D eigenvalue weighted by atomic mass is 19.1. The van der Waals surface area contributed by atoms with Crippen LogP contribution in [0.5, 0.6) is 0 Å². The van der Waals surface area contributed by atoms with Gasteiger partial charge in [-0.05, 0) is 60.9 Å². The van der Waals surface area contributed by atoms with Gasteiger partial charge in [-0.25, -0.2) is 13.8 Å². The normalized spacial score (nSPS) is 25.1. The summed E-state index contributed by atoms with van der Waals surface area (Å²) in [5.41, 5.74) is 3.24. The molecule has 0 bridgehead atoms. The molecule has 1 spiro atoms. The summed E-state index contributed by atoms with van der Waals surface area (Å²) in [7, 11) is 0. The van der Waals surface area contributed by atoms with Gasteiger partial charge in [-0.15, -0.1) is 0 Å². The SMILES string of the molecule is CC1CN(C[C@H](O)C2CCN(c3ncc(-c4cc(F)cc(F)c4)o3)CC2)CCC12C=Cc1ccccc12. The first-order valence-electron chi connectivity index (χ1n) is 13.3. The number of oxazole rings is 1. The minimum absolute atomic E-state index is 0.121. The number of allylic oxidation sites excluding steroid dienone is 1. The van der Waals surface area contributed by atoms with Gasteiger partial charge < -0.3 is 19.3 Å². The molecule has 7 heteroatoms. The first kappa shape index (κ1) is 24.3. The Kier molecular flexibility index (Phi) is 6.37. The van der Waals surface area contributed by atoms with Gasteiger partial charge in [0.2, 0.25) is 0 Å². The summed E-state index contributed by atoms with van der Waals surface area (Å²) in [6, 6.07) is 12.5. The molecular weight excluding hydrogens is 472 g/mol. The van der Waals surface area contributed by atoms with Crippen molar-refractivity contribution in [3.8, 4) is 11.3 Å². The van der Waals surface area contributed by atoms with E-state index in [1.54, 1.807) is 0 Å². The number of nitrogens with zero attached hydrogens (tertiary/aromatic N) is 3. The fourth-order valence-corrected chi connectivity index (χ4v) is 6.57. The number of aromatic nitrogens is 1. The number of rotatable bonds is 5. The van der Waals surface area contributed by atoms with E-state index in [-0.39, 0.29) is 17.4 Å². The Morgan fingerprint density at radius 3 is 2.62 bits per heavy atom. The second-order valence-electron chi connectivity index (χ2n) is 10.9. The molecule has 2 aromatic carbocycles. The number of hydrogen-bond acceptors (Lipinski definition) is 5. The molecular formula is C30H33F2N3O2. The molecule has 0 saturated carbocycles. The van der Waals surface area contributed by atoms with Crippen molar-refractivity contribution in [3.05, 3.63) is 77.5 Å². The number of benzene rings is 2. The minimum atomic E-state index is -0.648. The quantitative estimate of drug-likeness (QED) is 0.496.